The second-order valence-electron chi connectivity index (χ2n) is 5.93. The number of hydrogen-bond donors (Lipinski definition) is 2. The third-order valence-corrected chi connectivity index (χ3v) is 4.73. The summed E-state index contributed by atoms with van der Waals surface area (Å²) in [5.74, 6) is 8.19. The Bertz CT molecular complexity index is 455. The average molecular weight is 264 g/mol. The molecule has 3 rings (SSSR count). The van der Waals surface area contributed by atoms with Crippen LogP contribution in [0.15, 0.2) is 18.2 Å². The van der Waals surface area contributed by atoms with Crippen molar-refractivity contribution in [1.82, 2.24) is 5.43 Å². The summed E-state index contributed by atoms with van der Waals surface area (Å²) in [6.07, 6.45) is 4.74. The highest BCUT2D eigenvalue weighted by atomic mass is 19.1. The van der Waals surface area contributed by atoms with Crippen LogP contribution in [0.1, 0.15) is 24.8 Å². The van der Waals surface area contributed by atoms with E-state index in [1.165, 1.54) is 26.4 Å². The Morgan fingerprint density at radius 3 is 2.68 bits per heavy atom. The summed E-state index contributed by atoms with van der Waals surface area (Å²) in [5, 5.41) is 0. The van der Waals surface area contributed by atoms with Crippen LogP contribution < -0.4 is 16.0 Å². The van der Waals surface area contributed by atoms with Gasteiger partial charge in [0, 0.05) is 6.04 Å². The Balaban J connectivity index is 1.66. The quantitative estimate of drug-likeness (QED) is 0.633. The van der Waals surface area contributed by atoms with E-state index in [0.29, 0.717) is 11.7 Å². The monoisotopic (exact) mass is 264 g/mol. The fourth-order valence-corrected chi connectivity index (χ4v) is 3.54. The standard InChI is InChI=1S/C15H21FN2O/c1-19-15-3-2-9(4-13(15)16)5-14(18-17)12-7-10-6-11(10)8-12/h2-4,10-12,14,18H,5-8,17H2,1H3. The van der Waals surface area contributed by atoms with Gasteiger partial charge in [-0.2, -0.15) is 0 Å². The lowest BCUT2D eigenvalue weighted by molar-refractivity contribution is 0.335. The third kappa shape index (κ3) is 2.60. The number of halogens is 1. The molecule has 0 heterocycles. The highest BCUT2D eigenvalue weighted by Gasteiger charge is 2.47. The van der Waals surface area contributed by atoms with E-state index in [-0.39, 0.29) is 11.9 Å². The largest absolute Gasteiger partial charge is 0.494 e. The van der Waals surface area contributed by atoms with E-state index in [4.69, 9.17) is 10.6 Å². The second-order valence-corrected chi connectivity index (χ2v) is 5.93. The molecule has 0 bridgehead atoms. The third-order valence-electron chi connectivity index (χ3n) is 4.73. The molecule has 4 heteroatoms. The Morgan fingerprint density at radius 1 is 1.37 bits per heavy atom. The van der Waals surface area contributed by atoms with E-state index in [1.807, 2.05) is 6.07 Å². The van der Waals surface area contributed by atoms with E-state index in [2.05, 4.69) is 5.43 Å². The highest BCUT2D eigenvalue weighted by molar-refractivity contribution is 5.29. The van der Waals surface area contributed by atoms with Crippen molar-refractivity contribution in [2.75, 3.05) is 7.11 Å². The van der Waals surface area contributed by atoms with Gasteiger partial charge in [0.15, 0.2) is 11.6 Å². The zero-order valence-corrected chi connectivity index (χ0v) is 11.2. The first-order valence-corrected chi connectivity index (χ1v) is 6.99. The van der Waals surface area contributed by atoms with Crippen molar-refractivity contribution in [3.8, 4) is 5.75 Å². The van der Waals surface area contributed by atoms with Crippen LogP contribution in [-0.4, -0.2) is 13.2 Å². The number of benzene rings is 1. The van der Waals surface area contributed by atoms with Crippen LogP contribution in [0.2, 0.25) is 0 Å². The average Bonchev–Trinajstić information content (AvgIpc) is 3.03. The van der Waals surface area contributed by atoms with Crippen LogP contribution in [0.5, 0.6) is 5.75 Å². The van der Waals surface area contributed by atoms with Gasteiger partial charge in [-0.15, -0.1) is 0 Å². The molecule has 0 saturated heterocycles. The molecule has 3 N–H and O–H groups in total. The fraction of sp³-hybridized carbons (Fsp3) is 0.600. The van der Waals surface area contributed by atoms with E-state index in [0.717, 1.165) is 23.8 Å². The van der Waals surface area contributed by atoms with Gasteiger partial charge >= 0.3 is 0 Å². The minimum absolute atomic E-state index is 0.251. The van der Waals surface area contributed by atoms with Gasteiger partial charge in [-0.25, -0.2) is 4.39 Å². The van der Waals surface area contributed by atoms with Gasteiger partial charge in [-0.3, -0.25) is 11.3 Å². The Labute approximate surface area is 113 Å². The van der Waals surface area contributed by atoms with Crippen LogP contribution in [0.4, 0.5) is 4.39 Å². The van der Waals surface area contributed by atoms with Gasteiger partial charge in [-0.1, -0.05) is 6.07 Å². The van der Waals surface area contributed by atoms with Gasteiger partial charge in [0.1, 0.15) is 0 Å². The second kappa shape index (κ2) is 5.10. The molecule has 3 atom stereocenters. The first kappa shape index (κ1) is 12.9. The van der Waals surface area contributed by atoms with E-state index in [1.54, 1.807) is 12.1 Å². The van der Waals surface area contributed by atoms with Crippen LogP contribution in [0.25, 0.3) is 0 Å². The SMILES string of the molecule is COc1ccc(CC(NN)C2CC3CC3C2)cc1F. The summed E-state index contributed by atoms with van der Waals surface area (Å²) in [5.41, 5.74) is 3.90. The number of hydrogen-bond acceptors (Lipinski definition) is 3. The summed E-state index contributed by atoms with van der Waals surface area (Å²) < 4.78 is 18.6. The lowest BCUT2D eigenvalue weighted by Gasteiger charge is -2.24. The molecular weight excluding hydrogens is 243 g/mol. The van der Waals surface area contributed by atoms with E-state index >= 15 is 0 Å². The van der Waals surface area contributed by atoms with Crippen molar-refractivity contribution < 1.29 is 9.13 Å². The number of ether oxygens (including phenoxy) is 1. The number of hydrazine groups is 1. The van der Waals surface area contributed by atoms with Crippen molar-refractivity contribution in [2.45, 2.75) is 31.7 Å². The fourth-order valence-electron chi connectivity index (χ4n) is 3.54. The van der Waals surface area contributed by atoms with Crippen LogP contribution >= 0.6 is 0 Å². The molecule has 2 aliphatic rings. The summed E-state index contributed by atoms with van der Waals surface area (Å²) in [4.78, 5) is 0. The lowest BCUT2D eigenvalue weighted by atomic mass is 9.90. The van der Waals surface area contributed by atoms with Gasteiger partial charge in [0.2, 0.25) is 0 Å². The Kier molecular flexibility index (Phi) is 3.46. The zero-order chi connectivity index (χ0) is 13.4. The van der Waals surface area contributed by atoms with Crippen molar-refractivity contribution in [2.24, 2.45) is 23.6 Å². The van der Waals surface area contributed by atoms with Crippen molar-refractivity contribution in [3.63, 3.8) is 0 Å². The molecule has 2 saturated carbocycles. The van der Waals surface area contributed by atoms with Crippen LogP contribution in [0.3, 0.4) is 0 Å². The minimum Gasteiger partial charge on any atom is -0.494 e. The molecule has 0 aromatic heterocycles. The predicted octanol–water partition coefficient (Wildman–Crippen LogP) is 2.25. The summed E-state index contributed by atoms with van der Waals surface area (Å²) in [6.45, 7) is 0. The zero-order valence-electron chi connectivity index (χ0n) is 11.2. The maximum atomic E-state index is 13.7. The van der Waals surface area contributed by atoms with E-state index < -0.39 is 0 Å². The minimum atomic E-state index is -0.301. The van der Waals surface area contributed by atoms with E-state index in [9.17, 15) is 4.39 Å². The molecule has 3 unspecified atom stereocenters. The van der Waals surface area contributed by atoms with Gasteiger partial charge in [-0.05, 0) is 61.1 Å². The first-order valence-electron chi connectivity index (χ1n) is 6.99. The Morgan fingerprint density at radius 2 is 2.11 bits per heavy atom. The first-order chi connectivity index (χ1) is 9.21. The van der Waals surface area contributed by atoms with Gasteiger partial charge < -0.3 is 4.74 Å². The maximum Gasteiger partial charge on any atom is 0.165 e. The number of methoxy groups -OCH3 is 1. The molecule has 0 radical (unpaired) electrons. The molecule has 1 aromatic carbocycles. The van der Waals surface area contributed by atoms with Crippen LogP contribution in [-0.2, 0) is 6.42 Å². The van der Waals surface area contributed by atoms with Gasteiger partial charge in [0.25, 0.3) is 0 Å². The maximum absolute atomic E-state index is 13.7. The van der Waals surface area contributed by atoms with Crippen LogP contribution in [0, 0.1) is 23.6 Å². The van der Waals surface area contributed by atoms with Gasteiger partial charge in [0.05, 0.1) is 7.11 Å². The molecule has 1 aromatic rings. The molecule has 19 heavy (non-hydrogen) atoms. The topological polar surface area (TPSA) is 47.3 Å². The smallest absolute Gasteiger partial charge is 0.165 e. The molecule has 104 valence electrons. The summed E-state index contributed by atoms with van der Waals surface area (Å²) in [6, 6.07) is 5.41. The molecule has 0 spiro atoms. The lowest BCUT2D eigenvalue weighted by Crippen LogP contribution is -2.42. The number of nitrogens with two attached hydrogens (primary N) is 1. The molecule has 2 fully saturated rings. The molecule has 0 amide bonds. The number of rotatable bonds is 5. The molecule has 0 aliphatic heterocycles. The normalized spacial score (nSPS) is 29.9. The predicted molar refractivity (Wildman–Crippen MR) is 72.1 cm³/mol. The van der Waals surface area contributed by atoms with Crippen molar-refractivity contribution in [1.29, 1.82) is 0 Å². The number of fused-ring (bicyclic) bond motifs is 1. The Hall–Kier alpha value is -1.13. The summed E-state index contributed by atoms with van der Waals surface area (Å²) in [7, 11) is 1.48. The molecular formula is C15H21FN2O. The van der Waals surface area contributed by atoms with Crippen molar-refractivity contribution in [3.05, 3.63) is 29.6 Å². The highest BCUT2D eigenvalue weighted by Crippen LogP contribution is 2.55. The van der Waals surface area contributed by atoms with Crippen molar-refractivity contribution >= 4 is 0 Å². The summed E-state index contributed by atoms with van der Waals surface area (Å²) >= 11 is 0. The number of nitrogens with one attached hydrogen (secondary N) is 1. The molecule has 3 nitrogen and oxygen atoms in total. The molecule has 2 aliphatic carbocycles.